The monoisotopic (exact) mass is 530 g/mol. The predicted octanol–water partition coefficient (Wildman–Crippen LogP) is 6.40. The summed E-state index contributed by atoms with van der Waals surface area (Å²) >= 11 is 1.36. The molecule has 0 aliphatic carbocycles. The highest BCUT2D eigenvalue weighted by atomic mass is 32.2. The van der Waals surface area contributed by atoms with E-state index in [0.717, 1.165) is 0 Å². The fourth-order valence-electron chi connectivity index (χ4n) is 3.17. The van der Waals surface area contributed by atoms with Crippen molar-refractivity contribution in [3.63, 3.8) is 0 Å². The summed E-state index contributed by atoms with van der Waals surface area (Å²) in [7, 11) is 0. The second-order valence-corrected chi connectivity index (χ2v) is 8.20. The molecule has 0 radical (unpaired) electrons. The zero-order valence-electron chi connectivity index (χ0n) is 22.1. The van der Waals surface area contributed by atoms with Gasteiger partial charge in [-0.15, -0.1) is 0 Å². The SMILES string of the molecule is CC=CC(=O)Oc1ccc(Sc2ccc(OC(=O)C=CC)c(OCC)c2OCC)c(OCC)c1OCC. The average Bonchev–Trinajstić information content (AvgIpc) is 2.86. The molecule has 0 aromatic heterocycles. The van der Waals surface area contributed by atoms with Gasteiger partial charge in [-0.05, 0) is 65.8 Å². The molecule has 0 aliphatic rings. The quantitative estimate of drug-likeness (QED) is 0.156. The average molecular weight is 531 g/mol. The van der Waals surface area contributed by atoms with Crippen LogP contribution in [-0.4, -0.2) is 38.4 Å². The van der Waals surface area contributed by atoms with Gasteiger partial charge < -0.3 is 28.4 Å². The van der Waals surface area contributed by atoms with E-state index >= 15 is 0 Å². The van der Waals surface area contributed by atoms with Gasteiger partial charge in [0.25, 0.3) is 0 Å². The molecule has 0 saturated heterocycles. The highest BCUT2D eigenvalue weighted by Gasteiger charge is 2.24. The first kappa shape index (κ1) is 29.6. The van der Waals surface area contributed by atoms with Crippen LogP contribution in [0.1, 0.15) is 41.5 Å². The summed E-state index contributed by atoms with van der Waals surface area (Å²) in [5.41, 5.74) is 0. The first-order valence-electron chi connectivity index (χ1n) is 12.2. The number of hydrogen-bond acceptors (Lipinski definition) is 9. The van der Waals surface area contributed by atoms with Crippen molar-refractivity contribution in [2.75, 3.05) is 26.4 Å². The number of esters is 2. The van der Waals surface area contributed by atoms with Crippen molar-refractivity contribution in [2.24, 2.45) is 0 Å². The third-order valence-electron chi connectivity index (χ3n) is 4.48. The normalized spacial score (nSPS) is 11.0. The molecule has 200 valence electrons. The van der Waals surface area contributed by atoms with Gasteiger partial charge in [0.2, 0.25) is 11.5 Å². The number of carbonyl (C=O) groups is 2. The van der Waals surface area contributed by atoms with Crippen LogP contribution in [0.25, 0.3) is 0 Å². The Morgan fingerprint density at radius 3 is 1.30 bits per heavy atom. The molecule has 8 nitrogen and oxygen atoms in total. The van der Waals surface area contributed by atoms with E-state index in [9.17, 15) is 9.59 Å². The number of ether oxygens (including phenoxy) is 6. The molecular formula is C28H34O8S. The minimum absolute atomic E-state index is 0.254. The molecule has 0 fully saturated rings. The lowest BCUT2D eigenvalue weighted by molar-refractivity contribution is -0.130. The third-order valence-corrected chi connectivity index (χ3v) is 5.56. The van der Waals surface area contributed by atoms with Gasteiger partial charge in [0, 0.05) is 12.2 Å². The van der Waals surface area contributed by atoms with Crippen molar-refractivity contribution in [3.8, 4) is 34.5 Å². The Morgan fingerprint density at radius 2 is 0.973 bits per heavy atom. The summed E-state index contributed by atoms with van der Waals surface area (Å²) in [6, 6.07) is 6.89. The molecule has 0 heterocycles. The van der Waals surface area contributed by atoms with Crippen LogP contribution in [-0.2, 0) is 9.59 Å². The lowest BCUT2D eigenvalue weighted by atomic mass is 10.3. The van der Waals surface area contributed by atoms with E-state index in [1.165, 1.54) is 23.9 Å². The summed E-state index contributed by atoms with van der Waals surface area (Å²) in [5.74, 6) is 0.990. The molecule has 0 N–H and O–H groups in total. The number of benzene rings is 2. The number of allylic oxidation sites excluding steroid dienone is 2. The van der Waals surface area contributed by atoms with Crippen LogP contribution in [0.4, 0.5) is 0 Å². The van der Waals surface area contributed by atoms with Crippen molar-refractivity contribution in [2.45, 2.75) is 51.3 Å². The standard InChI is InChI=1S/C28H34O8S/c1-7-13-23(29)35-19-15-17-21(27(33-11-5)25(19)31-9-3)37-22-18-16-20(36-24(30)14-8-2)26(32-10-4)28(22)34-12-6/h7-8,13-18H,9-12H2,1-6H3. The van der Waals surface area contributed by atoms with Gasteiger partial charge >= 0.3 is 11.9 Å². The molecule has 0 amide bonds. The minimum atomic E-state index is -0.519. The largest absolute Gasteiger partial charge is 0.489 e. The smallest absolute Gasteiger partial charge is 0.335 e. The molecule has 37 heavy (non-hydrogen) atoms. The minimum Gasteiger partial charge on any atom is -0.489 e. The highest BCUT2D eigenvalue weighted by Crippen LogP contribution is 2.51. The van der Waals surface area contributed by atoms with Crippen LogP contribution >= 0.6 is 11.8 Å². The fourth-order valence-corrected chi connectivity index (χ4v) is 4.17. The van der Waals surface area contributed by atoms with Gasteiger partial charge in [0.1, 0.15) is 0 Å². The summed E-state index contributed by atoms with van der Waals surface area (Å²) in [6.07, 6.45) is 5.85. The van der Waals surface area contributed by atoms with Crippen molar-refractivity contribution >= 4 is 23.7 Å². The first-order chi connectivity index (χ1) is 17.9. The van der Waals surface area contributed by atoms with Crippen LogP contribution in [0.15, 0.2) is 58.4 Å². The van der Waals surface area contributed by atoms with Gasteiger partial charge in [0.05, 0.1) is 36.2 Å². The number of hydrogen-bond donors (Lipinski definition) is 0. The Morgan fingerprint density at radius 1 is 0.622 bits per heavy atom. The number of rotatable bonds is 14. The van der Waals surface area contributed by atoms with E-state index in [1.807, 2.05) is 27.7 Å². The van der Waals surface area contributed by atoms with Crippen molar-refractivity contribution < 1.29 is 38.0 Å². The van der Waals surface area contributed by atoms with Crippen LogP contribution in [0.3, 0.4) is 0 Å². The Kier molecular flexibility index (Phi) is 12.4. The Hall–Kier alpha value is -3.59. The highest BCUT2D eigenvalue weighted by molar-refractivity contribution is 7.99. The Labute approximate surface area is 222 Å². The Balaban J connectivity index is 2.61. The van der Waals surface area contributed by atoms with Gasteiger partial charge in [-0.2, -0.15) is 0 Å². The molecular weight excluding hydrogens is 496 g/mol. The van der Waals surface area contributed by atoms with E-state index in [2.05, 4.69) is 0 Å². The predicted molar refractivity (Wildman–Crippen MR) is 143 cm³/mol. The number of carbonyl (C=O) groups excluding carboxylic acids is 2. The zero-order chi connectivity index (χ0) is 27.2. The summed E-state index contributed by atoms with van der Waals surface area (Å²) in [6.45, 7) is 12.3. The molecule has 9 heteroatoms. The van der Waals surface area contributed by atoms with Gasteiger partial charge in [0.15, 0.2) is 23.0 Å². The lowest BCUT2D eigenvalue weighted by Gasteiger charge is -2.20. The van der Waals surface area contributed by atoms with E-state index in [-0.39, 0.29) is 11.5 Å². The maximum absolute atomic E-state index is 12.1. The van der Waals surface area contributed by atoms with Crippen LogP contribution in [0.5, 0.6) is 34.5 Å². The molecule has 0 atom stereocenters. The molecule has 0 bridgehead atoms. The molecule has 0 unspecified atom stereocenters. The molecule has 0 spiro atoms. The maximum atomic E-state index is 12.1. The Bertz CT molecular complexity index is 1040. The zero-order valence-corrected chi connectivity index (χ0v) is 22.9. The molecule has 2 aromatic carbocycles. The van der Waals surface area contributed by atoms with E-state index in [4.69, 9.17) is 28.4 Å². The second kappa shape index (κ2) is 15.5. The van der Waals surface area contributed by atoms with E-state index in [0.29, 0.717) is 59.2 Å². The first-order valence-corrected chi connectivity index (χ1v) is 13.0. The molecule has 0 saturated carbocycles. The topological polar surface area (TPSA) is 89.5 Å². The van der Waals surface area contributed by atoms with E-state index in [1.54, 1.807) is 50.3 Å². The van der Waals surface area contributed by atoms with Crippen molar-refractivity contribution in [3.05, 3.63) is 48.6 Å². The third kappa shape index (κ3) is 8.21. The van der Waals surface area contributed by atoms with Gasteiger partial charge in [-0.25, -0.2) is 9.59 Å². The molecule has 2 aromatic rings. The molecule has 2 rings (SSSR count). The fraction of sp³-hybridized carbons (Fsp3) is 0.357. The summed E-state index contributed by atoms with van der Waals surface area (Å²) < 4.78 is 34.5. The lowest BCUT2D eigenvalue weighted by Crippen LogP contribution is -2.08. The van der Waals surface area contributed by atoms with Crippen LogP contribution in [0, 0.1) is 0 Å². The van der Waals surface area contributed by atoms with E-state index < -0.39 is 11.9 Å². The maximum Gasteiger partial charge on any atom is 0.335 e. The van der Waals surface area contributed by atoms with Crippen LogP contribution < -0.4 is 28.4 Å². The van der Waals surface area contributed by atoms with Crippen molar-refractivity contribution in [1.82, 2.24) is 0 Å². The molecule has 0 aliphatic heterocycles. The van der Waals surface area contributed by atoms with Gasteiger partial charge in [-0.1, -0.05) is 23.9 Å². The summed E-state index contributed by atoms with van der Waals surface area (Å²) in [5, 5.41) is 0. The van der Waals surface area contributed by atoms with Crippen molar-refractivity contribution in [1.29, 1.82) is 0 Å². The second-order valence-electron chi connectivity index (χ2n) is 7.12. The van der Waals surface area contributed by atoms with Gasteiger partial charge in [-0.3, -0.25) is 0 Å². The summed E-state index contributed by atoms with van der Waals surface area (Å²) in [4.78, 5) is 25.6. The van der Waals surface area contributed by atoms with Crippen LogP contribution in [0.2, 0.25) is 0 Å².